The minimum Gasteiger partial charge on any atom is -0.356 e. The van der Waals surface area contributed by atoms with Gasteiger partial charge >= 0.3 is 0 Å². The number of benzene rings is 4. The van der Waals surface area contributed by atoms with Gasteiger partial charge in [-0.2, -0.15) is 0 Å². The summed E-state index contributed by atoms with van der Waals surface area (Å²) in [6.07, 6.45) is 0. The number of nitrogens with one attached hydrogen (secondary N) is 1. The molecule has 0 radical (unpaired) electrons. The van der Waals surface area contributed by atoms with Crippen LogP contribution < -0.4 is 5.32 Å². The van der Waals surface area contributed by atoms with E-state index in [1.165, 1.54) is 27.8 Å². The van der Waals surface area contributed by atoms with Crippen LogP contribution >= 0.6 is 0 Å². The van der Waals surface area contributed by atoms with Crippen molar-refractivity contribution in [3.8, 4) is 22.3 Å². The fourth-order valence-electron chi connectivity index (χ4n) is 3.11. The van der Waals surface area contributed by atoms with Gasteiger partial charge < -0.3 is 5.32 Å². The molecule has 0 fully saturated rings. The van der Waals surface area contributed by atoms with Gasteiger partial charge in [-0.05, 0) is 53.4 Å². The van der Waals surface area contributed by atoms with Crippen molar-refractivity contribution in [1.82, 2.24) is 0 Å². The van der Waals surface area contributed by atoms with Crippen molar-refractivity contribution in [3.05, 3.63) is 109 Å². The third-order valence-corrected chi connectivity index (χ3v) is 4.52. The molecular weight excluding hydrogens is 314 g/mol. The van der Waals surface area contributed by atoms with Gasteiger partial charge in [0.1, 0.15) is 0 Å². The molecule has 126 valence electrons. The summed E-state index contributed by atoms with van der Waals surface area (Å²) in [6, 6.07) is 36.2. The van der Waals surface area contributed by atoms with E-state index in [0.717, 1.165) is 11.4 Å². The van der Waals surface area contributed by atoms with Crippen molar-refractivity contribution in [2.75, 3.05) is 5.32 Å². The smallest absolute Gasteiger partial charge is 0.0384 e. The predicted octanol–water partition coefficient (Wildman–Crippen LogP) is 7.07. The Morgan fingerprint density at radius 2 is 0.962 bits per heavy atom. The summed E-state index contributed by atoms with van der Waals surface area (Å²) < 4.78 is 0. The number of anilines is 2. The van der Waals surface area contributed by atoms with Gasteiger partial charge in [0.25, 0.3) is 0 Å². The zero-order chi connectivity index (χ0) is 17.8. The van der Waals surface area contributed by atoms with Crippen LogP contribution in [0.1, 0.15) is 5.56 Å². The maximum atomic E-state index is 3.47. The van der Waals surface area contributed by atoms with Gasteiger partial charge in [0, 0.05) is 11.4 Å². The molecule has 4 aromatic rings. The second-order valence-corrected chi connectivity index (χ2v) is 6.52. The van der Waals surface area contributed by atoms with E-state index in [4.69, 9.17) is 0 Å². The van der Waals surface area contributed by atoms with E-state index in [-0.39, 0.29) is 0 Å². The summed E-state index contributed by atoms with van der Waals surface area (Å²) in [5, 5.41) is 3.47. The maximum Gasteiger partial charge on any atom is 0.0384 e. The van der Waals surface area contributed by atoms with Crippen LogP contribution in [-0.2, 0) is 0 Å². The summed E-state index contributed by atoms with van der Waals surface area (Å²) in [5.74, 6) is 0. The van der Waals surface area contributed by atoms with Gasteiger partial charge in [-0.25, -0.2) is 0 Å². The normalized spacial score (nSPS) is 10.5. The molecule has 1 heteroatoms. The van der Waals surface area contributed by atoms with Crippen LogP contribution in [0.25, 0.3) is 22.3 Å². The molecule has 0 unspecified atom stereocenters. The molecule has 0 aliphatic heterocycles. The van der Waals surface area contributed by atoms with Crippen molar-refractivity contribution in [2.45, 2.75) is 6.92 Å². The Morgan fingerprint density at radius 1 is 0.462 bits per heavy atom. The highest BCUT2D eigenvalue weighted by Crippen LogP contribution is 2.26. The number of rotatable bonds is 4. The van der Waals surface area contributed by atoms with Crippen molar-refractivity contribution >= 4 is 11.4 Å². The van der Waals surface area contributed by atoms with Crippen molar-refractivity contribution in [3.63, 3.8) is 0 Å². The Balaban J connectivity index is 1.49. The Bertz CT molecular complexity index is 984. The molecule has 0 spiro atoms. The molecule has 26 heavy (non-hydrogen) atoms. The molecule has 0 saturated carbocycles. The zero-order valence-electron chi connectivity index (χ0n) is 14.8. The second-order valence-electron chi connectivity index (χ2n) is 6.52. The van der Waals surface area contributed by atoms with E-state index < -0.39 is 0 Å². The predicted molar refractivity (Wildman–Crippen MR) is 112 cm³/mol. The van der Waals surface area contributed by atoms with E-state index in [0.29, 0.717) is 0 Å². The lowest BCUT2D eigenvalue weighted by Gasteiger charge is -2.09. The monoisotopic (exact) mass is 335 g/mol. The summed E-state index contributed by atoms with van der Waals surface area (Å²) in [7, 11) is 0. The maximum absolute atomic E-state index is 3.47. The second kappa shape index (κ2) is 7.28. The van der Waals surface area contributed by atoms with Gasteiger partial charge in [0.15, 0.2) is 0 Å². The summed E-state index contributed by atoms with van der Waals surface area (Å²) in [4.78, 5) is 0. The van der Waals surface area contributed by atoms with E-state index in [1.54, 1.807) is 0 Å². The van der Waals surface area contributed by atoms with Crippen LogP contribution in [0.15, 0.2) is 103 Å². The van der Waals surface area contributed by atoms with E-state index in [9.17, 15) is 0 Å². The Morgan fingerprint density at radius 3 is 1.54 bits per heavy atom. The largest absolute Gasteiger partial charge is 0.356 e. The molecular formula is C25H21N. The highest BCUT2D eigenvalue weighted by atomic mass is 14.9. The first-order chi connectivity index (χ1) is 12.8. The van der Waals surface area contributed by atoms with Gasteiger partial charge in [-0.1, -0.05) is 84.4 Å². The first kappa shape index (κ1) is 16.2. The van der Waals surface area contributed by atoms with Crippen LogP contribution in [0.2, 0.25) is 0 Å². The third kappa shape index (κ3) is 3.68. The molecule has 0 aromatic heterocycles. The quantitative estimate of drug-likeness (QED) is 0.420. The molecule has 0 heterocycles. The molecule has 1 nitrogen and oxygen atoms in total. The van der Waals surface area contributed by atoms with Crippen LogP contribution in [0.3, 0.4) is 0 Å². The first-order valence-corrected chi connectivity index (χ1v) is 8.87. The molecule has 0 amide bonds. The highest BCUT2D eigenvalue weighted by molar-refractivity contribution is 5.71. The van der Waals surface area contributed by atoms with Crippen LogP contribution in [0.5, 0.6) is 0 Å². The Hall–Kier alpha value is -3.32. The minimum atomic E-state index is 1.09. The Labute approximate surface area is 155 Å². The third-order valence-electron chi connectivity index (χ3n) is 4.52. The van der Waals surface area contributed by atoms with Crippen LogP contribution in [0, 0.1) is 6.92 Å². The van der Waals surface area contributed by atoms with E-state index in [2.05, 4.69) is 109 Å². The molecule has 1 N–H and O–H groups in total. The van der Waals surface area contributed by atoms with Gasteiger partial charge in [0.2, 0.25) is 0 Å². The lowest BCUT2D eigenvalue weighted by atomic mass is 10.0. The SMILES string of the molecule is Cc1cccc(-c2ccc(Nc3ccc(-c4ccccc4)cc3)cc2)c1. The molecule has 4 rings (SSSR count). The molecule has 0 saturated heterocycles. The number of aryl methyl sites for hydroxylation is 1. The summed E-state index contributed by atoms with van der Waals surface area (Å²) in [6.45, 7) is 2.12. The summed E-state index contributed by atoms with van der Waals surface area (Å²) in [5.41, 5.74) is 8.42. The van der Waals surface area contributed by atoms with Crippen LogP contribution in [0.4, 0.5) is 11.4 Å². The molecule has 0 atom stereocenters. The molecule has 0 aliphatic carbocycles. The van der Waals surface area contributed by atoms with Gasteiger partial charge in [0.05, 0.1) is 0 Å². The highest BCUT2D eigenvalue weighted by Gasteiger charge is 2.01. The molecule has 0 bridgehead atoms. The molecule has 4 aromatic carbocycles. The van der Waals surface area contributed by atoms with Gasteiger partial charge in [-0.15, -0.1) is 0 Å². The zero-order valence-corrected chi connectivity index (χ0v) is 14.8. The first-order valence-electron chi connectivity index (χ1n) is 8.87. The summed E-state index contributed by atoms with van der Waals surface area (Å²) >= 11 is 0. The Kier molecular flexibility index (Phi) is 4.53. The minimum absolute atomic E-state index is 1.09. The lowest BCUT2D eigenvalue weighted by molar-refractivity contribution is 1.46. The fraction of sp³-hybridized carbons (Fsp3) is 0.0400. The number of hydrogen-bond donors (Lipinski definition) is 1. The van der Waals surface area contributed by atoms with Crippen molar-refractivity contribution in [2.24, 2.45) is 0 Å². The van der Waals surface area contributed by atoms with Crippen molar-refractivity contribution in [1.29, 1.82) is 0 Å². The average Bonchev–Trinajstić information content (AvgIpc) is 2.70. The average molecular weight is 335 g/mol. The van der Waals surface area contributed by atoms with E-state index in [1.807, 2.05) is 6.07 Å². The van der Waals surface area contributed by atoms with Gasteiger partial charge in [-0.3, -0.25) is 0 Å². The molecule has 0 aliphatic rings. The van der Waals surface area contributed by atoms with Crippen molar-refractivity contribution < 1.29 is 0 Å². The fourth-order valence-corrected chi connectivity index (χ4v) is 3.11. The van der Waals surface area contributed by atoms with E-state index >= 15 is 0 Å². The lowest BCUT2D eigenvalue weighted by Crippen LogP contribution is -1.90. The topological polar surface area (TPSA) is 12.0 Å². The number of hydrogen-bond acceptors (Lipinski definition) is 1. The standard InChI is InChI=1S/C25H21N/c1-19-6-5-9-23(18-19)22-12-16-25(17-13-22)26-24-14-10-21(11-15-24)20-7-3-2-4-8-20/h2-18,26H,1H3. The van der Waals surface area contributed by atoms with Crippen LogP contribution in [-0.4, -0.2) is 0 Å².